The van der Waals surface area contributed by atoms with Crippen molar-refractivity contribution in [3.63, 3.8) is 0 Å². The van der Waals surface area contributed by atoms with Gasteiger partial charge in [-0.25, -0.2) is 0 Å². The van der Waals surface area contributed by atoms with Gasteiger partial charge < -0.3 is 19.4 Å². The number of nitrogens with one attached hydrogen (secondary N) is 1. The highest BCUT2D eigenvalue weighted by Gasteiger charge is 2.15. The number of nitrogens with zero attached hydrogens (tertiary/aromatic N) is 2. The third-order valence-electron chi connectivity index (χ3n) is 5.64. The van der Waals surface area contributed by atoms with Crippen LogP contribution in [0.4, 0.5) is 0 Å². The van der Waals surface area contributed by atoms with Crippen molar-refractivity contribution in [3.05, 3.63) is 100 Å². The number of amides is 1. The Morgan fingerprint density at radius 3 is 2.65 bits per heavy atom. The number of hydrogen-bond acceptors (Lipinski definition) is 4. The Hall–Kier alpha value is -4.21. The second kappa shape index (κ2) is 9.34. The largest absolute Gasteiger partial charge is 0.454 e. The molecule has 1 aliphatic heterocycles. The molecule has 1 aliphatic rings. The first-order valence-electron chi connectivity index (χ1n) is 10.7. The molecule has 0 atom stereocenters. The summed E-state index contributed by atoms with van der Waals surface area (Å²) >= 11 is 6.01. The van der Waals surface area contributed by atoms with Crippen molar-refractivity contribution in [1.29, 1.82) is 5.26 Å². The van der Waals surface area contributed by atoms with E-state index in [1.54, 1.807) is 12.1 Å². The number of halogens is 1. The molecule has 1 N–H and O–H groups in total. The van der Waals surface area contributed by atoms with Gasteiger partial charge in [-0.2, -0.15) is 5.26 Å². The highest BCUT2D eigenvalue weighted by atomic mass is 35.5. The molecule has 0 saturated heterocycles. The number of rotatable bonds is 6. The summed E-state index contributed by atoms with van der Waals surface area (Å²) in [4.78, 5) is 12.8. The number of carbonyl (C=O) groups excluding carboxylic acids is 1. The summed E-state index contributed by atoms with van der Waals surface area (Å²) in [5.41, 5.74) is 3.81. The van der Waals surface area contributed by atoms with Gasteiger partial charge in [-0.05, 0) is 47.5 Å². The molecule has 0 unspecified atom stereocenters. The van der Waals surface area contributed by atoms with Crippen LogP contribution in [0.15, 0.2) is 78.5 Å². The normalized spacial score (nSPS) is 12.5. The van der Waals surface area contributed by atoms with E-state index in [1.807, 2.05) is 72.9 Å². The molecule has 4 aromatic rings. The Kier molecular flexibility index (Phi) is 5.94. The van der Waals surface area contributed by atoms with Crippen LogP contribution in [-0.4, -0.2) is 17.3 Å². The Morgan fingerprint density at radius 2 is 1.82 bits per heavy atom. The monoisotopic (exact) mass is 469 g/mol. The van der Waals surface area contributed by atoms with E-state index in [0.29, 0.717) is 23.1 Å². The molecule has 0 spiro atoms. The summed E-state index contributed by atoms with van der Waals surface area (Å²) in [7, 11) is 0. The summed E-state index contributed by atoms with van der Waals surface area (Å²) < 4.78 is 12.8. The van der Waals surface area contributed by atoms with Crippen molar-refractivity contribution in [3.8, 4) is 17.6 Å². The Labute approximate surface area is 201 Å². The minimum absolute atomic E-state index is 0.0372. The van der Waals surface area contributed by atoms with Gasteiger partial charge in [0.2, 0.25) is 6.79 Å². The number of ether oxygens (including phenoxy) is 2. The van der Waals surface area contributed by atoms with Gasteiger partial charge in [0.15, 0.2) is 11.5 Å². The van der Waals surface area contributed by atoms with Gasteiger partial charge in [-0.1, -0.05) is 48.0 Å². The van der Waals surface area contributed by atoms with E-state index in [2.05, 4.69) is 9.88 Å². The molecular formula is C27H20ClN3O3. The molecule has 3 aromatic carbocycles. The van der Waals surface area contributed by atoms with Crippen LogP contribution in [0.2, 0.25) is 5.02 Å². The minimum atomic E-state index is -0.435. The molecule has 5 rings (SSSR count). The fourth-order valence-corrected chi connectivity index (χ4v) is 4.07. The van der Waals surface area contributed by atoms with E-state index < -0.39 is 5.91 Å². The average Bonchev–Trinajstić information content (AvgIpc) is 3.47. The van der Waals surface area contributed by atoms with Gasteiger partial charge in [0, 0.05) is 40.8 Å². The van der Waals surface area contributed by atoms with Gasteiger partial charge in [0.25, 0.3) is 5.91 Å². The van der Waals surface area contributed by atoms with Crippen LogP contribution in [-0.2, 0) is 17.9 Å². The average molecular weight is 470 g/mol. The maximum atomic E-state index is 12.8. The first-order valence-corrected chi connectivity index (χ1v) is 11.1. The van der Waals surface area contributed by atoms with Gasteiger partial charge >= 0.3 is 0 Å². The van der Waals surface area contributed by atoms with Crippen molar-refractivity contribution in [1.82, 2.24) is 9.88 Å². The van der Waals surface area contributed by atoms with Crippen molar-refractivity contribution in [2.45, 2.75) is 13.1 Å². The highest BCUT2D eigenvalue weighted by molar-refractivity contribution is 6.30. The zero-order valence-corrected chi connectivity index (χ0v) is 18.9. The molecule has 0 aliphatic carbocycles. The van der Waals surface area contributed by atoms with E-state index in [-0.39, 0.29) is 18.9 Å². The third-order valence-corrected chi connectivity index (χ3v) is 5.89. The van der Waals surface area contributed by atoms with Crippen LogP contribution in [0, 0.1) is 11.3 Å². The van der Waals surface area contributed by atoms with Crippen LogP contribution >= 0.6 is 11.6 Å². The molecule has 168 valence electrons. The van der Waals surface area contributed by atoms with Crippen LogP contribution < -0.4 is 14.8 Å². The third kappa shape index (κ3) is 4.47. The summed E-state index contributed by atoms with van der Waals surface area (Å²) in [6.45, 7) is 1.11. The second-order valence-electron chi connectivity index (χ2n) is 7.90. The molecule has 0 fully saturated rings. The van der Waals surface area contributed by atoms with Crippen LogP contribution in [0.1, 0.15) is 16.7 Å². The predicted molar refractivity (Wildman–Crippen MR) is 130 cm³/mol. The second-order valence-corrected chi connectivity index (χ2v) is 8.33. The zero-order chi connectivity index (χ0) is 23.5. The molecule has 0 radical (unpaired) electrons. The fourth-order valence-electron chi connectivity index (χ4n) is 3.94. The van der Waals surface area contributed by atoms with Gasteiger partial charge in [-0.15, -0.1) is 0 Å². The first-order chi connectivity index (χ1) is 16.6. The highest BCUT2D eigenvalue weighted by Crippen LogP contribution is 2.32. The maximum absolute atomic E-state index is 12.8. The van der Waals surface area contributed by atoms with E-state index in [0.717, 1.165) is 27.6 Å². The summed E-state index contributed by atoms with van der Waals surface area (Å²) in [5.74, 6) is 0.897. The van der Waals surface area contributed by atoms with Crippen molar-refractivity contribution < 1.29 is 14.3 Å². The molecule has 2 heterocycles. The SMILES string of the molecule is N#CC(=Cc1cn(Cc2ccc(Cl)cc2)c2ccccc12)C(=O)NCc1ccc2c(c1)OCO2. The summed E-state index contributed by atoms with van der Waals surface area (Å²) in [6.07, 6.45) is 3.59. The molecular weight excluding hydrogens is 450 g/mol. The van der Waals surface area contributed by atoms with E-state index in [9.17, 15) is 10.1 Å². The quantitative estimate of drug-likeness (QED) is 0.307. The van der Waals surface area contributed by atoms with Gasteiger partial charge in [0.05, 0.1) is 0 Å². The number of para-hydroxylation sites is 1. The molecule has 6 nitrogen and oxygen atoms in total. The Balaban J connectivity index is 1.38. The molecule has 34 heavy (non-hydrogen) atoms. The summed E-state index contributed by atoms with van der Waals surface area (Å²) in [6, 6.07) is 23.1. The van der Waals surface area contributed by atoms with Crippen molar-refractivity contribution in [2.75, 3.05) is 6.79 Å². The van der Waals surface area contributed by atoms with Crippen molar-refractivity contribution in [2.24, 2.45) is 0 Å². The van der Waals surface area contributed by atoms with Crippen molar-refractivity contribution >= 4 is 34.5 Å². The molecule has 7 heteroatoms. The summed E-state index contributed by atoms with van der Waals surface area (Å²) in [5, 5.41) is 14.2. The maximum Gasteiger partial charge on any atom is 0.262 e. The minimum Gasteiger partial charge on any atom is -0.454 e. The van der Waals surface area contributed by atoms with Crippen LogP contribution in [0.25, 0.3) is 17.0 Å². The Bertz CT molecular complexity index is 1450. The zero-order valence-electron chi connectivity index (χ0n) is 18.1. The molecule has 1 aromatic heterocycles. The van der Waals surface area contributed by atoms with Crippen LogP contribution in [0.3, 0.4) is 0 Å². The lowest BCUT2D eigenvalue weighted by Gasteiger charge is -2.06. The van der Waals surface area contributed by atoms with E-state index in [1.165, 1.54) is 0 Å². The molecule has 0 saturated carbocycles. The lowest BCUT2D eigenvalue weighted by Crippen LogP contribution is -2.23. The number of carbonyl (C=O) groups is 1. The molecule has 1 amide bonds. The lowest BCUT2D eigenvalue weighted by molar-refractivity contribution is -0.117. The number of benzene rings is 3. The van der Waals surface area contributed by atoms with Crippen LogP contribution in [0.5, 0.6) is 11.5 Å². The van der Waals surface area contributed by atoms with E-state index in [4.69, 9.17) is 21.1 Å². The standard InChI is InChI=1S/C27H20ClN3O3/c28-22-8-5-18(6-9-22)15-31-16-21(23-3-1-2-4-24(23)31)12-20(13-29)27(32)30-14-19-7-10-25-26(11-19)34-17-33-25/h1-12,16H,14-15,17H2,(H,30,32). The first kappa shape index (κ1) is 21.6. The number of hydrogen-bond donors (Lipinski definition) is 1. The van der Waals surface area contributed by atoms with E-state index >= 15 is 0 Å². The lowest BCUT2D eigenvalue weighted by atomic mass is 10.1. The molecule has 0 bridgehead atoms. The number of nitriles is 1. The predicted octanol–water partition coefficient (Wildman–Crippen LogP) is 5.30. The number of fused-ring (bicyclic) bond motifs is 2. The fraction of sp³-hybridized carbons (Fsp3) is 0.111. The van der Waals surface area contributed by atoms with Gasteiger partial charge in [-0.3, -0.25) is 4.79 Å². The smallest absolute Gasteiger partial charge is 0.262 e. The van der Waals surface area contributed by atoms with Gasteiger partial charge in [0.1, 0.15) is 11.6 Å². The Morgan fingerprint density at radius 1 is 1.06 bits per heavy atom. The topological polar surface area (TPSA) is 76.3 Å². The number of aromatic nitrogens is 1.